The Bertz CT molecular complexity index is 8260. The molecule has 539 valence electrons. The first-order chi connectivity index (χ1) is 56.3. The molecule has 14 bridgehead atoms. The number of rotatable bonds is 0. The summed E-state index contributed by atoms with van der Waals surface area (Å²) in [7, 11) is 0. The predicted molar refractivity (Wildman–Crippen MR) is 455 cm³/mol. The molecule has 116 heavy (non-hydrogen) atoms. The van der Waals surface area contributed by atoms with E-state index in [-0.39, 0.29) is 35.9 Å². The van der Waals surface area contributed by atoms with Gasteiger partial charge in [-0.05, 0) is 95.5 Å². The van der Waals surface area contributed by atoms with Crippen LogP contribution < -0.4 is 47.8 Å². The molecule has 0 saturated heterocycles. The first kappa shape index (κ1) is 66.6. The zero-order valence-corrected chi connectivity index (χ0v) is 64.9. The minimum Gasteiger partial charge on any atom is 2.00 e. The van der Waals surface area contributed by atoms with E-state index in [1.165, 1.54) is 0 Å². The largest absolute Gasteiger partial charge is 2.00 e. The summed E-state index contributed by atoms with van der Waals surface area (Å²) in [6.07, 6.45) is 7.95. The monoisotopic (exact) mass is 1580 g/mol. The van der Waals surface area contributed by atoms with Crippen LogP contribution in [-0.2, 0) is 18.6 Å². The van der Waals surface area contributed by atoms with Gasteiger partial charge in [0.05, 0.1) is 23.7 Å². The van der Waals surface area contributed by atoms with Crippen LogP contribution >= 0.6 is 0 Å². The smallest absolute Gasteiger partial charge is 2.00 e. The molecule has 4 atom stereocenters. The van der Waals surface area contributed by atoms with Gasteiger partial charge in [0.1, 0.15) is 0 Å². The van der Waals surface area contributed by atoms with Crippen LogP contribution in [0.15, 0.2) is 350 Å². The van der Waals surface area contributed by atoms with Gasteiger partial charge in [-0.1, -0.05) is 115 Å². The number of amidine groups is 8. The normalized spacial score (nSPS) is 18.7. The Labute approximate surface area is 675 Å². The van der Waals surface area contributed by atoms with Crippen molar-refractivity contribution in [2.75, 3.05) is 0 Å². The molecule has 0 saturated carbocycles. The van der Waals surface area contributed by atoms with Crippen LogP contribution in [0.1, 0.15) is 44.5 Å². The van der Waals surface area contributed by atoms with Gasteiger partial charge in [0.15, 0.2) is 5.84 Å². The second kappa shape index (κ2) is 25.0. The minimum absolute atomic E-state index is 0. The van der Waals surface area contributed by atoms with Crippen molar-refractivity contribution in [3.05, 3.63) is 382 Å². The first-order valence-corrected chi connectivity index (χ1v) is 41.5. The van der Waals surface area contributed by atoms with Gasteiger partial charge in [-0.2, -0.15) is 0 Å². The van der Waals surface area contributed by atoms with Gasteiger partial charge in [-0.15, -0.1) is 0 Å². The third-order valence-electron chi connectivity index (χ3n) is 24.0. The zero-order chi connectivity index (χ0) is 74.3. The van der Waals surface area contributed by atoms with Gasteiger partial charge in [0, 0.05) is 39.1 Å². The molecule has 18 nitrogen and oxygen atoms in total. The topological polar surface area (TPSA) is 235 Å². The van der Waals surface area contributed by atoms with Crippen LogP contribution in [0.2, 0.25) is 0 Å². The fourth-order valence-electron chi connectivity index (χ4n) is 18.5. The zero-order valence-electron chi connectivity index (χ0n) is 61.1. The average molecular weight is 1580 g/mol. The molecule has 0 fully saturated rings. The first-order valence-electron chi connectivity index (χ1n) is 38.3. The SMILES string of the molecule is C1=c2ccccc2=CC2C1=C1N=C3N=C(N=c4[n-]c(c5cc6ccccc6cc45)=NC4=NC(=NC2[N-]1)c1cc2ccccc2cc14)c1cc2ccccc2cc13.[OH-].[OH][Ga]1[N]2C3=C4C=c5ccccc5=CC4C2N=C2N=C(N=c4c5cc6ccccc6cc5c([n]41)=NC1=NC(=N3)c3cc4ccccc4cc31)c1cc3ccccc3cc12.[V+2]. The van der Waals surface area contributed by atoms with Crippen molar-refractivity contribution in [2.45, 2.75) is 12.3 Å². The van der Waals surface area contributed by atoms with E-state index in [0.717, 1.165) is 163 Å². The number of nitrogens with zero attached hydrogens (tertiary/aromatic N) is 16. The van der Waals surface area contributed by atoms with Gasteiger partial charge < -0.3 is 30.8 Å². The van der Waals surface area contributed by atoms with E-state index < -0.39 is 29.4 Å². The summed E-state index contributed by atoms with van der Waals surface area (Å²) in [5.74, 6) is 5.50. The second-order valence-electron chi connectivity index (χ2n) is 30.4. The molecule has 2 aliphatic carbocycles. The third-order valence-corrected chi connectivity index (χ3v) is 28.2. The Kier molecular flexibility index (Phi) is 14.3. The van der Waals surface area contributed by atoms with Crippen molar-refractivity contribution in [1.82, 2.24) is 11.9 Å². The minimum atomic E-state index is -4.07. The summed E-state index contributed by atoms with van der Waals surface area (Å²) in [6.45, 7) is 0. The van der Waals surface area contributed by atoms with Crippen LogP contribution in [0, 0.1) is 11.8 Å². The van der Waals surface area contributed by atoms with Crippen LogP contribution in [0.5, 0.6) is 0 Å². The Morgan fingerprint density at radius 2 is 0.629 bits per heavy atom. The van der Waals surface area contributed by atoms with E-state index in [9.17, 15) is 3.90 Å². The number of hydrogen-bond acceptors (Lipinski definition) is 15. The molecule has 11 aliphatic rings. The van der Waals surface area contributed by atoms with E-state index in [2.05, 4.69) is 283 Å². The number of fused-ring (bicyclic) bond motifs is 38. The van der Waals surface area contributed by atoms with E-state index in [0.29, 0.717) is 80.3 Å². The maximum atomic E-state index is 13.5. The van der Waals surface area contributed by atoms with E-state index in [4.69, 9.17) is 70.2 Å². The Balaban J connectivity index is 0.000000131. The molecule has 20 heteroatoms. The molecule has 0 amide bonds. The van der Waals surface area contributed by atoms with E-state index in [1.807, 2.05) is 15.4 Å². The van der Waals surface area contributed by atoms with Crippen molar-refractivity contribution in [1.29, 1.82) is 0 Å². The molecule has 16 aromatic rings. The van der Waals surface area contributed by atoms with Crippen LogP contribution in [0.3, 0.4) is 0 Å². The number of aliphatic imine (C=N–C) groups is 8. The molecule has 2 aromatic heterocycles. The standard InChI is InChI=1S/2C48H26N8.Ga.2H2O.V/c2*1-2-10-26-18-34-33(17-25(26)9-1)41-49-42(34)54-44-37-21-29-13-5-6-14-30(29)22-38(37)46(51-44)56-48-40-24-32-16-8-7-15-31(32)23-39(40)47(52-48)55-45-36-20-28-12-4-3-11-27(28)19-35(36)43(50-45)53-41;;;;/h2*1-24,33,41H;;2*1H2;/q2*-2;+3;;;+2/p-2. The van der Waals surface area contributed by atoms with Crippen molar-refractivity contribution >= 4 is 174 Å². The molecule has 1 radical (unpaired) electrons. The van der Waals surface area contributed by atoms with Crippen molar-refractivity contribution < 1.29 is 27.9 Å². The fourth-order valence-corrected chi connectivity index (χ4v) is 22.7. The molecular weight excluding hydrogens is 1530 g/mol. The maximum absolute atomic E-state index is 13.5. The molecule has 11 heterocycles. The van der Waals surface area contributed by atoms with E-state index >= 15 is 0 Å². The Hall–Kier alpha value is -14.0. The quantitative estimate of drug-likeness (QED) is 0.146. The summed E-state index contributed by atoms with van der Waals surface area (Å²) in [6, 6.07) is 92.9. The Morgan fingerprint density at radius 3 is 1.05 bits per heavy atom. The van der Waals surface area contributed by atoms with Gasteiger partial charge in [0.2, 0.25) is 0 Å². The predicted octanol–water partition coefficient (Wildman–Crippen LogP) is 11.9. The molecule has 4 unspecified atom stereocenters. The molecule has 0 spiro atoms. The van der Waals surface area contributed by atoms with Crippen molar-refractivity contribution in [3.63, 3.8) is 0 Å². The Morgan fingerprint density at radius 1 is 0.310 bits per heavy atom. The summed E-state index contributed by atoms with van der Waals surface area (Å²) < 4.78 is 17.7. The molecule has 2 N–H and O–H groups in total. The van der Waals surface area contributed by atoms with Crippen molar-refractivity contribution in [2.24, 2.45) is 71.7 Å². The number of hydrogen-bond donors (Lipinski definition) is 1. The second-order valence-corrected chi connectivity index (χ2v) is 34.1. The molecule has 27 rings (SSSR count). The molecular formula is C96H54GaN16O2V-. The van der Waals surface area contributed by atoms with E-state index in [1.54, 1.807) is 0 Å². The summed E-state index contributed by atoms with van der Waals surface area (Å²) >= 11 is -4.07. The van der Waals surface area contributed by atoms with Gasteiger partial charge in [0.25, 0.3) is 0 Å². The van der Waals surface area contributed by atoms with Gasteiger partial charge in [-0.3, -0.25) is 4.99 Å². The van der Waals surface area contributed by atoms with Crippen LogP contribution in [0.4, 0.5) is 0 Å². The molecule has 9 aliphatic heterocycles. The average Bonchev–Trinajstić information content (AvgIpc) is 1.55. The summed E-state index contributed by atoms with van der Waals surface area (Å²) in [5.41, 5.74) is 11.6. The summed E-state index contributed by atoms with van der Waals surface area (Å²) in [5, 5.41) is 26.5. The van der Waals surface area contributed by atoms with Gasteiger partial charge >= 0.3 is 356 Å². The molecule has 14 aromatic carbocycles. The van der Waals surface area contributed by atoms with Crippen molar-refractivity contribution in [3.8, 4) is 0 Å². The number of aromatic nitrogens is 2. The fraction of sp³-hybridized carbons (Fsp3) is 0.0417. The number of benzene rings is 14. The van der Waals surface area contributed by atoms with Crippen LogP contribution in [0.25, 0.3) is 116 Å². The van der Waals surface area contributed by atoms with Crippen LogP contribution in [-0.4, -0.2) is 92.3 Å². The summed E-state index contributed by atoms with van der Waals surface area (Å²) in [4.78, 5) is 69.2. The van der Waals surface area contributed by atoms with Gasteiger partial charge in [-0.25, -0.2) is 9.98 Å². The third kappa shape index (κ3) is 9.94. The maximum Gasteiger partial charge on any atom is 2.00 e.